The minimum atomic E-state index is -0.535. The van der Waals surface area contributed by atoms with Gasteiger partial charge in [0.25, 0.3) is 10.0 Å². The van der Waals surface area contributed by atoms with Gasteiger partial charge in [-0.05, 0) is 5.04 Å². The zero-order valence-electron chi connectivity index (χ0n) is 6.73. The molecule has 0 fully saturated rings. The van der Waals surface area contributed by atoms with E-state index in [0.29, 0.717) is 5.04 Å². The predicted octanol–water partition coefficient (Wildman–Crippen LogP) is -1.40. The van der Waals surface area contributed by atoms with Crippen molar-refractivity contribution < 1.29 is 8.23 Å². The van der Waals surface area contributed by atoms with Crippen LogP contribution in [0.25, 0.3) is 0 Å². The molecule has 0 amide bonds. The summed E-state index contributed by atoms with van der Waals surface area (Å²) in [6.07, 6.45) is 0. The second-order valence-corrected chi connectivity index (χ2v) is 9.90. The molecule has 56 valence electrons. The van der Waals surface area contributed by atoms with Crippen molar-refractivity contribution in [2.75, 3.05) is 0 Å². The van der Waals surface area contributed by atoms with Crippen LogP contribution in [0.2, 0.25) is 5.04 Å². The molecule has 0 N–H and O–H groups in total. The third kappa shape index (κ3) is 8.57. The van der Waals surface area contributed by atoms with E-state index < -0.39 is 10.0 Å². The van der Waals surface area contributed by atoms with Gasteiger partial charge in [-0.3, -0.25) is 0 Å². The normalized spacial score (nSPS) is 15.0. The minimum Gasteiger partial charge on any atom is -0.449 e. The first-order chi connectivity index (χ1) is 4.06. The van der Waals surface area contributed by atoms with Crippen molar-refractivity contribution >= 4 is 30.3 Å². The highest BCUT2D eigenvalue weighted by atomic mass is 28.3. The lowest BCUT2D eigenvalue weighted by molar-refractivity contribution is 0.481. The van der Waals surface area contributed by atoms with Gasteiger partial charge in [-0.2, -0.15) is 0 Å². The van der Waals surface area contributed by atoms with Crippen LogP contribution in [0.5, 0.6) is 0 Å². The van der Waals surface area contributed by atoms with Crippen molar-refractivity contribution in [2.24, 2.45) is 0 Å². The number of rotatable bonds is 3. The summed E-state index contributed by atoms with van der Waals surface area (Å²) in [5, 5.41) is 0.438. The first kappa shape index (κ1) is 9.57. The Kier molecular flexibility index (Phi) is 4.67. The van der Waals surface area contributed by atoms with Gasteiger partial charge in [-0.15, -0.1) is 0 Å². The molecular weight excluding hydrogens is 164 g/mol. The van der Waals surface area contributed by atoms with Crippen molar-refractivity contribution in [3.05, 3.63) is 0 Å². The van der Waals surface area contributed by atoms with Gasteiger partial charge in [0.05, 0.1) is 0 Å². The standard InChI is InChI=1S/C4H16O2Si3/c1-4(2,3)8-6-9-5-7/h8-9H2,1-3,7H3. The Bertz CT molecular complexity index is 70.7. The van der Waals surface area contributed by atoms with Crippen molar-refractivity contribution in [3.63, 3.8) is 0 Å². The summed E-state index contributed by atoms with van der Waals surface area (Å²) in [5.74, 6) is 0. The summed E-state index contributed by atoms with van der Waals surface area (Å²) in [5.41, 5.74) is 0. The largest absolute Gasteiger partial charge is 0.449 e. The quantitative estimate of drug-likeness (QED) is 0.393. The molecule has 9 heavy (non-hydrogen) atoms. The Labute approximate surface area is 64.9 Å². The molecule has 0 unspecified atom stereocenters. The maximum Gasteiger partial charge on any atom is 0.282 e. The van der Waals surface area contributed by atoms with Crippen LogP contribution < -0.4 is 0 Å². The summed E-state index contributed by atoms with van der Waals surface area (Å²) in [4.78, 5) is 0. The van der Waals surface area contributed by atoms with E-state index in [4.69, 9.17) is 8.23 Å². The third-order valence-corrected chi connectivity index (χ3v) is 4.03. The highest BCUT2D eigenvalue weighted by Gasteiger charge is 2.10. The van der Waals surface area contributed by atoms with Crippen LogP contribution in [0.15, 0.2) is 0 Å². The van der Waals surface area contributed by atoms with E-state index in [0.717, 1.165) is 10.5 Å². The number of hydrogen-bond acceptors (Lipinski definition) is 2. The molecule has 0 aliphatic carbocycles. The first-order valence-electron chi connectivity index (χ1n) is 3.13. The second kappa shape index (κ2) is 4.40. The fourth-order valence-corrected chi connectivity index (χ4v) is 5.38. The van der Waals surface area contributed by atoms with Crippen LogP contribution in [0, 0.1) is 0 Å². The van der Waals surface area contributed by atoms with Crippen LogP contribution in [-0.4, -0.2) is 30.3 Å². The monoisotopic (exact) mass is 180 g/mol. The van der Waals surface area contributed by atoms with Crippen molar-refractivity contribution in [1.29, 1.82) is 0 Å². The smallest absolute Gasteiger partial charge is 0.282 e. The molecule has 0 rings (SSSR count). The van der Waals surface area contributed by atoms with Crippen LogP contribution >= 0.6 is 0 Å². The van der Waals surface area contributed by atoms with Crippen molar-refractivity contribution in [2.45, 2.75) is 25.8 Å². The lowest BCUT2D eigenvalue weighted by Gasteiger charge is -2.16. The van der Waals surface area contributed by atoms with Crippen LogP contribution in [0.1, 0.15) is 20.8 Å². The highest BCUT2D eigenvalue weighted by molar-refractivity contribution is 6.43. The Morgan fingerprint density at radius 2 is 1.89 bits per heavy atom. The summed E-state index contributed by atoms with van der Waals surface area (Å²) < 4.78 is 10.5. The van der Waals surface area contributed by atoms with E-state index in [1.807, 2.05) is 0 Å². The zero-order chi connectivity index (χ0) is 7.33. The molecule has 0 aliphatic rings. The zero-order valence-corrected chi connectivity index (χ0v) is 11.6. The molecule has 0 spiro atoms. The van der Waals surface area contributed by atoms with Crippen molar-refractivity contribution in [3.8, 4) is 0 Å². The summed E-state index contributed by atoms with van der Waals surface area (Å²) in [6.45, 7) is 6.67. The molecule has 0 aliphatic heterocycles. The van der Waals surface area contributed by atoms with Gasteiger partial charge in [0.15, 0.2) is 9.76 Å². The fraction of sp³-hybridized carbons (Fsp3) is 1.00. The predicted molar refractivity (Wildman–Crippen MR) is 48.9 cm³/mol. The molecule has 0 saturated heterocycles. The maximum atomic E-state index is 5.44. The highest BCUT2D eigenvalue weighted by Crippen LogP contribution is 2.19. The van der Waals surface area contributed by atoms with E-state index in [2.05, 4.69) is 20.8 Å². The Morgan fingerprint density at radius 3 is 2.22 bits per heavy atom. The Hall–Kier alpha value is 0.571. The van der Waals surface area contributed by atoms with Gasteiger partial charge in [0.2, 0.25) is 0 Å². The maximum absolute atomic E-state index is 5.44. The minimum absolute atomic E-state index is 0.302. The third-order valence-electron chi connectivity index (χ3n) is 0.736. The molecule has 0 radical (unpaired) electrons. The summed E-state index contributed by atoms with van der Waals surface area (Å²) in [7, 11) is 0.0120. The van der Waals surface area contributed by atoms with Gasteiger partial charge in [-0.1, -0.05) is 20.8 Å². The van der Waals surface area contributed by atoms with E-state index in [9.17, 15) is 0 Å². The van der Waals surface area contributed by atoms with Crippen molar-refractivity contribution in [1.82, 2.24) is 0 Å². The van der Waals surface area contributed by atoms with E-state index in [1.54, 1.807) is 0 Å². The first-order valence-corrected chi connectivity index (χ1v) is 6.38. The summed E-state index contributed by atoms with van der Waals surface area (Å²) in [6, 6.07) is 0. The molecule has 0 aromatic heterocycles. The molecule has 0 aromatic carbocycles. The Balaban J connectivity index is 3.07. The van der Waals surface area contributed by atoms with E-state index in [-0.39, 0.29) is 9.76 Å². The average molecular weight is 180 g/mol. The molecule has 2 nitrogen and oxygen atoms in total. The molecule has 0 atom stereocenters. The summed E-state index contributed by atoms with van der Waals surface area (Å²) >= 11 is 0. The van der Waals surface area contributed by atoms with E-state index >= 15 is 0 Å². The molecule has 5 heteroatoms. The number of hydrogen-bond donors (Lipinski definition) is 0. The van der Waals surface area contributed by atoms with Gasteiger partial charge in [-0.25, -0.2) is 0 Å². The van der Waals surface area contributed by atoms with Gasteiger partial charge < -0.3 is 8.23 Å². The van der Waals surface area contributed by atoms with Gasteiger partial charge in [0, 0.05) is 0 Å². The van der Waals surface area contributed by atoms with Crippen LogP contribution in [-0.2, 0) is 8.23 Å². The second-order valence-electron chi connectivity index (χ2n) is 3.32. The lowest BCUT2D eigenvalue weighted by Crippen LogP contribution is -2.15. The average Bonchev–Trinajstić information content (AvgIpc) is 1.63. The lowest BCUT2D eigenvalue weighted by atomic mass is 10.3. The molecule has 0 heterocycles. The fourth-order valence-electron chi connectivity index (χ4n) is 0.431. The van der Waals surface area contributed by atoms with Gasteiger partial charge >= 0.3 is 0 Å². The molecule has 0 aromatic rings. The molecular formula is C4H16O2Si3. The molecule has 0 bridgehead atoms. The topological polar surface area (TPSA) is 18.5 Å². The molecule has 0 saturated carbocycles. The van der Waals surface area contributed by atoms with E-state index in [1.165, 1.54) is 0 Å². The SMILES string of the molecule is CC(C)(C)[SiH2]O[SiH2]O[SiH3]. The van der Waals surface area contributed by atoms with Crippen LogP contribution in [0.4, 0.5) is 0 Å². The van der Waals surface area contributed by atoms with Gasteiger partial charge in [0.1, 0.15) is 10.5 Å². The Morgan fingerprint density at radius 1 is 1.33 bits per heavy atom. The van der Waals surface area contributed by atoms with Crippen LogP contribution in [0.3, 0.4) is 0 Å².